The summed E-state index contributed by atoms with van der Waals surface area (Å²) in [5.74, 6) is 1.62. The van der Waals surface area contributed by atoms with E-state index in [1.165, 1.54) is 36.8 Å². The lowest BCUT2D eigenvalue weighted by atomic mass is 9.81. The minimum Gasteiger partial charge on any atom is -0.508 e. The summed E-state index contributed by atoms with van der Waals surface area (Å²) in [7, 11) is 0. The van der Waals surface area contributed by atoms with E-state index in [-0.39, 0.29) is 0 Å². The van der Waals surface area contributed by atoms with E-state index in [0.717, 1.165) is 31.2 Å². The molecular weight excluding hydrogens is 332 g/mol. The summed E-state index contributed by atoms with van der Waals surface area (Å²) < 4.78 is 0. The summed E-state index contributed by atoms with van der Waals surface area (Å²) in [6.45, 7) is 2.24. The van der Waals surface area contributed by atoms with Gasteiger partial charge in [-0.2, -0.15) is 0 Å². The molecule has 2 N–H and O–H groups in total. The second-order valence-electron chi connectivity index (χ2n) is 7.82. The molecule has 2 aromatic rings. The molecule has 0 aliphatic heterocycles. The highest BCUT2D eigenvalue weighted by atomic mass is 16.3. The third-order valence-corrected chi connectivity index (χ3v) is 5.77. The third kappa shape index (κ3) is 5.38. The lowest BCUT2D eigenvalue weighted by Crippen LogP contribution is -2.07. The predicted octanol–water partition coefficient (Wildman–Crippen LogP) is 6.83. The maximum Gasteiger partial charge on any atom is 0.118 e. The average molecular weight is 365 g/mol. The number of phenols is 2. The SMILES string of the molecule is CCCCCCCc1cc(C2C=CC(c3ccc(O)cc3)CC2)ccc1O. The van der Waals surface area contributed by atoms with Crippen LogP contribution in [0, 0.1) is 0 Å². The van der Waals surface area contributed by atoms with Crippen molar-refractivity contribution in [3.63, 3.8) is 0 Å². The number of allylic oxidation sites excluding steroid dienone is 2. The van der Waals surface area contributed by atoms with Gasteiger partial charge in [-0.1, -0.05) is 69.0 Å². The number of hydrogen-bond acceptors (Lipinski definition) is 2. The number of phenolic OH excluding ortho intramolecular Hbond substituents is 2. The summed E-state index contributed by atoms with van der Waals surface area (Å²) >= 11 is 0. The van der Waals surface area contributed by atoms with Gasteiger partial charge >= 0.3 is 0 Å². The lowest BCUT2D eigenvalue weighted by molar-refractivity contribution is 0.465. The molecule has 144 valence electrons. The van der Waals surface area contributed by atoms with Crippen LogP contribution in [-0.2, 0) is 6.42 Å². The first-order valence-electron chi connectivity index (χ1n) is 10.5. The monoisotopic (exact) mass is 364 g/mol. The Morgan fingerprint density at radius 3 is 2.07 bits per heavy atom. The van der Waals surface area contributed by atoms with Gasteiger partial charge in [-0.3, -0.25) is 0 Å². The molecule has 27 heavy (non-hydrogen) atoms. The Morgan fingerprint density at radius 1 is 0.778 bits per heavy atom. The molecule has 2 aromatic carbocycles. The van der Waals surface area contributed by atoms with Crippen molar-refractivity contribution < 1.29 is 10.2 Å². The maximum atomic E-state index is 10.2. The first kappa shape index (κ1) is 19.5. The molecule has 0 bridgehead atoms. The van der Waals surface area contributed by atoms with E-state index in [4.69, 9.17) is 0 Å². The normalized spacial score (nSPS) is 19.3. The first-order valence-corrected chi connectivity index (χ1v) is 10.5. The number of rotatable bonds is 8. The zero-order valence-electron chi connectivity index (χ0n) is 16.4. The minimum atomic E-state index is 0.322. The van der Waals surface area contributed by atoms with Crippen molar-refractivity contribution in [3.8, 4) is 11.5 Å². The molecule has 0 radical (unpaired) electrons. The van der Waals surface area contributed by atoms with Crippen LogP contribution in [0.25, 0.3) is 0 Å². The van der Waals surface area contributed by atoms with Gasteiger partial charge in [0.2, 0.25) is 0 Å². The number of hydrogen-bond donors (Lipinski definition) is 2. The first-order chi connectivity index (χ1) is 13.2. The molecule has 0 fully saturated rings. The van der Waals surface area contributed by atoms with E-state index in [9.17, 15) is 10.2 Å². The smallest absolute Gasteiger partial charge is 0.118 e. The molecule has 2 heteroatoms. The second kappa shape index (κ2) is 9.64. The van der Waals surface area contributed by atoms with E-state index >= 15 is 0 Å². The van der Waals surface area contributed by atoms with Gasteiger partial charge in [-0.15, -0.1) is 0 Å². The van der Waals surface area contributed by atoms with Gasteiger partial charge < -0.3 is 10.2 Å². The maximum absolute atomic E-state index is 10.2. The van der Waals surface area contributed by atoms with Crippen LogP contribution in [0.2, 0.25) is 0 Å². The molecular formula is C25H32O2. The Balaban J connectivity index is 1.62. The fraction of sp³-hybridized carbons (Fsp3) is 0.440. The topological polar surface area (TPSA) is 40.5 Å². The summed E-state index contributed by atoms with van der Waals surface area (Å²) in [6.07, 6.45) is 14.1. The third-order valence-electron chi connectivity index (χ3n) is 5.77. The molecule has 1 aliphatic rings. The van der Waals surface area contributed by atoms with Gasteiger partial charge in [0.05, 0.1) is 0 Å². The Labute approximate surface area is 163 Å². The van der Waals surface area contributed by atoms with Gasteiger partial charge in [0.1, 0.15) is 11.5 Å². The van der Waals surface area contributed by atoms with E-state index in [1.807, 2.05) is 18.2 Å². The van der Waals surface area contributed by atoms with Crippen LogP contribution in [0.1, 0.15) is 80.4 Å². The predicted molar refractivity (Wildman–Crippen MR) is 113 cm³/mol. The van der Waals surface area contributed by atoms with Gasteiger partial charge in [0.15, 0.2) is 0 Å². The molecule has 0 heterocycles. The molecule has 2 atom stereocenters. The molecule has 0 saturated carbocycles. The van der Waals surface area contributed by atoms with Crippen LogP contribution in [0.3, 0.4) is 0 Å². The van der Waals surface area contributed by atoms with E-state index in [0.29, 0.717) is 23.3 Å². The van der Waals surface area contributed by atoms with Crippen molar-refractivity contribution in [2.75, 3.05) is 0 Å². The summed E-state index contributed by atoms with van der Waals surface area (Å²) in [4.78, 5) is 0. The van der Waals surface area contributed by atoms with Crippen LogP contribution >= 0.6 is 0 Å². The van der Waals surface area contributed by atoms with E-state index in [2.05, 4.69) is 31.2 Å². The Kier molecular flexibility index (Phi) is 6.98. The largest absolute Gasteiger partial charge is 0.508 e. The average Bonchev–Trinajstić information content (AvgIpc) is 2.70. The Bertz CT molecular complexity index is 745. The molecule has 2 unspecified atom stereocenters. The molecule has 1 aliphatic carbocycles. The van der Waals surface area contributed by atoms with Crippen LogP contribution in [0.4, 0.5) is 0 Å². The van der Waals surface area contributed by atoms with Crippen molar-refractivity contribution in [2.24, 2.45) is 0 Å². The van der Waals surface area contributed by atoms with Crippen molar-refractivity contribution in [2.45, 2.75) is 70.1 Å². The van der Waals surface area contributed by atoms with Gasteiger partial charge in [0, 0.05) is 11.8 Å². The minimum absolute atomic E-state index is 0.322. The zero-order chi connectivity index (χ0) is 19.1. The quantitative estimate of drug-likeness (QED) is 0.398. The van der Waals surface area contributed by atoms with E-state index < -0.39 is 0 Å². The standard InChI is InChI=1S/C25H32O2/c1-2-3-4-5-6-7-23-18-22(14-17-25(23)27)21-10-8-19(9-11-21)20-12-15-24(26)16-13-20/h8,10,12-19,21,26-27H,2-7,9,11H2,1H3. The highest BCUT2D eigenvalue weighted by Crippen LogP contribution is 2.37. The fourth-order valence-electron chi connectivity index (χ4n) is 4.05. The van der Waals surface area contributed by atoms with Crippen LogP contribution in [0.5, 0.6) is 11.5 Å². The second-order valence-corrected chi connectivity index (χ2v) is 7.82. The van der Waals surface area contributed by atoms with Crippen LogP contribution in [0.15, 0.2) is 54.6 Å². The Morgan fingerprint density at radius 2 is 1.41 bits per heavy atom. The molecule has 0 aromatic heterocycles. The van der Waals surface area contributed by atoms with Crippen LogP contribution < -0.4 is 0 Å². The number of aromatic hydroxyl groups is 2. The summed E-state index contributed by atoms with van der Waals surface area (Å²) in [5, 5.41) is 19.7. The lowest BCUT2D eigenvalue weighted by Gasteiger charge is -2.24. The zero-order valence-corrected chi connectivity index (χ0v) is 16.4. The molecule has 0 spiro atoms. The highest BCUT2D eigenvalue weighted by Gasteiger charge is 2.19. The van der Waals surface area contributed by atoms with Crippen molar-refractivity contribution >= 4 is 0 Å². The van der Waals surface area contributed by atoms with Crippen LogP contribution in [-0.4, -0.2) is 10.2 Å². The van der Waals surface area contributed by atoms with E-state index in [1.54, 1.807) is 12.1 Å². The molecule has 2 nitrogen and oxygen atoms in total. The Hall–Kier alpha value is -2.22. The number of aryl methyl sites for hydroxylation is 1. The number of benzene rings is 2. The highest BCUT2D eigenvalue weighted by molar-refractivity contribution is 5.40. The number of unbranched alkanes of at least 4 members (excludes halogenated alkanes) is 4. The van der Waals surface area contributed by atoms with Crippen molar-refractivity contribution in [1.29, 1.82) is 0 Å². The van der Waals surface area contributed by atoms with Gasteiger partial charge in [-0.25, -0.2) is 0 Å². The molecule has 0 amide bonds. The van der Waals surface area contributed by atoms with Gasteiger partial charge in [0.25, 0.3) is 0 Å². The fourth-order valence-corrected chi connectivity index (χ4v) is 4.05. The van der Waals surface area contributed by atoms with Crippen molar-refractivity contribution in [1.82, 2.24) is 0 Å². The van der Waals surface area contributed by atoms with Gasteiger partial charge in [-0.05, 0) is 60.6 Å². The summed E-state index contributed by atoms with van der Waals surface area (Å²) in [6, 6.07) is 13.7. The molecule has 3 rings (SSSR count). The summed E-state index contributed by atoms with van der Waals surface area (Å²) in [5.41, 5.74) is 3.68. The molecule has 0 saturated heterocycles. The van der Waals surface area contributed by atoms with Crippen molar-refractivity contribution in [3.05, 3.63) is 71.3 Å².